The monoisotopic (exact) mass is 972 g/mol. The zero-order valence-electron chi connectivity index (χ0n) is 41.4. The van der Waals surface area contributed by atoms with Gasteiger partial charge in [-0.05, 0) is 83.9 Å². The summed E-state index contributed by atoms with van der Waals surface area (Å²) in [5.41, 5.74) is 20.3. The van der Waals surface area contributed by atoms with Crippen molar-refractivity contribution in [1.29, 1.82) is 0 Å². The van der Waals surface area contributed by atoms with Crippen LogP contribution in [0, 0.1) is 0 Å². The molecule has 0 aliphatic rings. The van der Waals surface area contributed by atoms with E-state index in [0.717, 1.165) is 123 Å². The van der Waals surface area contributed by atoms with Crippen molar-refractivity contribution >= 4 is 56.2 Å². The summed E-state index contributed by atoms with van der Waals surface area (Å²) < 4.78 is 0. The summed E-state index contributed by atoms with van der Waals surface area (Å²) in [6.07, 6.45) is 0. The standard InChI is InChI=1S/C70H48N6/c1-9-25-51(26-10-1)63-65(53-29-13-3-14-30-53)73-69-61(75(55-33-17-5-18-34-55)56-35-19-6-20-36-56)47-45-59(67(69)71-63)49-41-43-50(44-42-49)60-46-48-62(76(57-37-21-7-22-38-57)58-39-23-8-24-40-58)70-68(60)72-64(52-27-11-2-12-28-52)66(74-70)54-31-15-4-16-32-54/h1-48H. The maximum Gasteiger partial charge on any atom is 0.114 e. The lowest BCUT2D eigenvalue weighted by Gasteiger charge is -2.27. The van der Waals surface area contributed by atoms with Crippen LogP contribution >= 0.6 is 0 Å². The fourth-order valence-corrected chi connectivity index (χ4v) is 10.3. The molecule has 0 spiro atoms. The van der Waals surface area contributed by atoms with Crippen LogP contribution in [-0.4, -0.2) is 19.9 Å². The molecule has 0 unspecified atom stereocenters. The Morgan fingerprint density at radius 1 is 0.184 bits per heavy atom. The van der Waals surface area contributed by atoms with E-state index in [-0.39, 0.29) is 0 Å². The van der Waals surface area contributed by atoms with Gasteiger partial charge in [0.15, 0.2) is 0 Å². The summed E-state index contributed by atoms with van der Waals surface area (Å²) in [5.74, 6) is 0. The SMILES string of the molecule is c1ccc(-c2nc3c(-c4ccc(-c5ccc(N(c6ccccc6)c6ccccc6)c6nc(-c7ccccc7)c(-c7ccccc7)nc56)cc4)ccc(N(c4ccccc4)c4ccccc4)c3nc2-c2ccccc2)cc1. The molecule has 0 fully saturated rings. The van der Waals surface area contributed by atoms with Crippen molar-refractivity contribution in [2.24, 2.45) is 0 Å². The predicted molar refractivity (Wildman–Crippen MR) is 315 cm³/mol. The summed E-state index contributed by atoms with van der Waals surface area (Å²) in [7, 11) is 0. The zero-order chi connectivity index (χ0) is 50.6. The number of para-hydroxylation sites is 4. The minimum absolute atomic E-state index is 0.786. The molecular formula is C70H48N6. The molecule has 0 N–H and O–H groups in total. The van der Waals surface area contributed by atoms with E-state index in [1.165, 1.54) is 0 Å². The van der Waals surface area contributed by atoms with E-state index in [9.17, 15) is 0 Å². The molecule has 6 heteroatoms. The highest BCUT2D eigenvalue weighted by atomic mass is 15.2. The Balaban J connectivity index is 1.03. The molecule has 0 radical (unpaired) electrons. The molecule has 13 aromatic rings. The Hall–Kier alpha value is -10.3. The Kier molecular flexibility index (Phi) is 12.2. The zero-order valence-corrected chi connectivity index (χ0v) is 41.4. The van der Waals surface area contributed by atoms with Gasteiger partial charge in [0.05, 0.1) is 45.2 Å². The van der Waals surface area contributed by atoms with Gasteiger partial charge in [0.25, 0.3) is 0 Å². The smallest absolute Gasteiger partial charge is 0.114 e. The fraction of sp³-hybridized carbons (Fsp3) is 0. The van der Waals surface area contributed by atoms with Crippen LogP contribution < -0.4 is 9.80 Å². The first-order valence-corrected chi connectivity index (χ1v) is 25.6. The van der Waals surface area contributed by atoms with Crippen LogP contribution in [0.1, 0.15) is 0 Å². The van der Waals surface area contributed by atoms with E-state index in [1.807, 2.05) is 24.3 Å². The highest BCUT2D eigenvalue weighted by Gasteiger charge is 2.25. The van der Waals surface area contributed by atoms with Gasteiger partial charge in [-0.15, -0.1) is 0 Å². The fourth-order valence-electron chi connectivity index (χ4n) is 10.3. The summed E-state index contributed by atoms with van der Waals surface area (Å²) in [5, 5.41) is 0. The first-order valence-electron chi connectivity index (χ1n) is 25.6. The average Bonchev–Trinajstić information content (AvgIpc) is 3.61. The molecule has 0 aliphatic heterocycles. The summed E-state index contributed by atoms with van der Waals surface area (Å²) >= 11 is 0. The van der Waals surface area contributed by atoms with Gasteiger partial charge in [0.1, 0.15) is 11.0 Å². The number of fused-ring (bicyclic) bond motifs is 2. The lowest BCUT2D eigenvalue weighted by atomic mass is 9.96. The van der Waals surface area contributed by atoms with Gasteiger partial charge in [-0.2, -0.15) is 0 Å². The van der Waals surface area contributed by atoms with Crippen molar-refractivity contribution in [3.05, 3.63) is 291 Å². The van der Waals surface area contributed by atoms with Gasteiger partial charge in [0.2, 0.25) is 0 Å². The molecule has 2 heterocycles. The van der Waals surface area contributed by atoms with Crippen LogP contribution in [0.2, 0.25) is 0 Å². The maximum atomic E-state index is 5.69. The molecule has 0 aliphatic carbocycles. The number of rotatable bonds is 12. The number of anilines is 6. The lowest BCUT2D eigenvalue weighted by molar-refractivity contribution is 1.25. The molecule has 358 valence electrons. The van der Waals surface area contributed by atoms with Crippen molar-refractivity contribution < 1.29 is 0 Å². The van der Waals surface area contributed by atoms with Crippen molar-refractivity contribution in [2.75, 3.05) is 9.80 Å². The van der Waals surface area contributed by atoms with Crippen LogP contribution in [0.5, 0.6) is 0 Å². The van der Waals surface area contributed by atoms with E-state index in [0.29, 0.717) is 0 Å². The molecule has 11 aromatic carbocycles. The molecule has 2 aromatic heterocycles. The van der Waals surface area contributed by atoms with E-state index < -0.39 is 0 Å². The molecule has 6 nitrogen and oxygen atoms in total. The van der Waals surface area contributed by atoms with Gasteiger partial charge >= 0.3 is 0 Å². The normalized spacial score (nSPS) is 11.2. The van der Waals surface area contributed by atoms with E-state index >= 15 is 0 Å². The molecule has 0 saturated carbocycles. The summed E-state index contributed by atoms with van der Waals surface area (Å²) in [4.78, 5) is 27.3. The number of benzene rings is 11. The maximum absolute atomic E-state index is 5.69. The predicted octanol–water partition coefficient (Wildman–Crippen LogP) is 18.5. The lowest BCUT2D eigenvalue weighted by Crippen LogP contribution is -2.12. The number of hydrogen-bond donors (Lipinski definition) is 0. The number of aromatic nitrogens is 4. The molecule has 0 bridgehead atoms. The first kappa shape index (κ1) is 45.6. The third kappa shape index (κ3) is 8.70. The van der Waals surface area contributed by atoms with Gasteiger partial charge in [-0.25, -0.2) is 19.9 Å². The molecule has 13 rings (SSSR count). The molecule has 0 atom stereocenters. The summed E-state index contributed by atoms with van der Waals surface area (Å²) in [6.45, 7) is 0. The molecule has 0 amide bonds. The highest BCUT2D eigenvalue weighted by Crippen LogP contribution is 2.46. The minimum atomic E-state index is 0.786. The first-order chi connectivity index (χ1) is 37.7. The Morgan fingerprint density at radius 2 is 0.408 bits per heavy atom. The van der Waals surface area contributed by atoms with Crippen LogP contribution in [0.3, 0.4) is 0 Å². The molecular weight excluding hydrogens is 925 g/mol. The van der Waals surface area contributed by atoms with Gasteiger partial charge in [0, 0.05) is 56.1 Å². The topological polar surface area (TPSA) is 58.0 Å². The number of nitrogens with zero attached hydrogens (tertiary/aromatic N) is 6. The van der Waals surface area contributed by atoms with Gasteiger partial charge < -0.3 is 9.80 Å². The molecule has 0 saturated heterocycles. The second-order valence-electron chi connectivity index (χ2n) is 18.6. The van der Waals surface area contributed by atoms with Crippen LogP contribution in [-0.2, 0) is 0 Å². The van der Waals surface area contributed by atoms with Gasteiger partial charge in [-0.3, -0.25) is 0 Å². The van der Waals surface area contributed by atoms with Crippen LogP contribution in [0.15, 0.2) is 291 Å². The molecule has 76 heavy (non-hydrogen) atoms. The summed E-state index contributed by atoms with van der Waals surface area (Å²) in [6, 6.07) is 101. The Bertz CT molecular complexity index is 3760. The highest BCUT2D eigenvalue weighted by molar-refractivity contribution is 6.06. The van der Waals surface area contributed by atoms with Crippen molar-refractivity contribution in [3.8, 4) is 67.3 Å². The Morgan fingerprint density at radius 3 is 0.658 bits per heavy atom. The van der Waals surface area contributed by atoms with E-state index in [4.69, 9.17) is 19.9 Å². The van der Waals surface area contributed by atoms with Crippen molar-refractivity contribution in [1.82, 2.24) is 19.9 Å². The second-order valence-corrected chi connectivity index (χ2v) is 18.6. The average molecular weight is 973 g/mol. The van der Waals surface area contributed by atoms with Crippen LogP contribution in [0.4, 0.5) is 34.1 Å². The second kappa shape index (κ2) is 20.3. The van der Waals surface area contributed by atoms with Crippen molar-refractivity contribution in [3.63, 3.8) is 0 Å². The van der Waals surface area contributed by atoms with E-state index in [2.05, 4.69) is 277 Å². The van der Waals surface area contributed by atoms with Gasteiger partial charge in [-0.1, -0.05) is 218 Å². The van der Waals surface area contributed by atoms with E-state index in [1.54, 1.807) is 0 Å². The van der Waals surface area contributed by atoms with Crippen LogP contribution in [0.25, 0.3) is 89.4 Å². The third-order valence-electron chi connectivity index (χ3n) is 13.8. The number of hydrogen-bond acceptors (Lipinski definition) is 6. The quantitative estimate of drug-likeness (QED) is 0.122. The third-order valence-corrected chi connectivity index (χ3v) is 13.8. The largest absolute Gasteiger partial charge is 0.308 e. The Labute approximate surface area is 442 Å². The minimum Gasteiger partial charge on any atom is -0.308 e. The van der Waals surface area contributed by atoms with Crippen molar-refractivity contribution in [2.45, 2.75) is 0 Å².